The molecular weight excluding hydrogens is 562 g/mol. The first kappa shape index (κ1) is 28.9. The first-order chi connectivity index (χ1) is 18.6. The van der Waals surface area contributed by atoms with E-state index in [-0.39, 0.29) is 22.5 Å². The van der Waals surface area contributed by atoms with Gasteiger partial charge >= 0.3 is 10.2 Å². The molecular formula is C26H30ClN5O5S2. The van der Waals surface area contributed by atoms with Crippen LogP contribution in [0.2, 0.25) is 4.34 Å². The fourth-order valence-corrected chi connectivity index (χ4v) is 5.84. The van der Waals surface area contributed by atoms with E-state index in [1.807, 2.05) is 41.1 Å². The normalized spacial score (nSPS) is 14.2. The highest BCUT2D eigenvalue weighted by atomic mass is 35.5. The lowest BCUT2D eigenvalue weighted by atomic mass is 9.99. The molecule has 10 nitrogen and oxygen atoms in total. The Balaban J connectivity index is 1.55. The van der Waals surface area contributed by atoms with Crippen molar-refractivity contribution in [3.8, 4) is 5.75 Å². The van der Waals surface area contributed by atoms with Crippen molar-refractivity contribution in [1.29, 1.82) is 0 Å². The van der Waals surface area contributed by atoms with Crippen molar-refractivity contribution in [1.82, 2.24) is 23.9 Å². The summed E-state index contributed by atoms with van der Waals surface area (Å²) in [6.45, 7) is 0.586. The average molecular weight is 592 g/mol. The van der Waals surface area contributed by atoms with Gasteiger partial charge < -0.3 is 9.64 Å². The van der Waals surface area contributed by atoms with Gasteiger partial charge in [0.05, 0.1) is 31.0 Å². The molecule has 1 aliphatic rings. The van der Waals surface area contributed by atoms with Gasteiger partial charge in [-0.2, -0.15) is 12.7 Å². The van der Waals surface area contributed by atoms with Gasteiger partial charge in [0, 0.05) is 20.6 Å². The van der Waals surface area contributed by atoms with Gasteiger partial charge in [-0.1, -0.05) is 41.9 Å². The molecule has 1 saturated carbocycles. The molecule has 2 aromatic heterocycles. The molecule has 0 atom stereocenters. The molecule has 39 heavy (non-hydrogen) atoms. The van der Waals surface area contributed by atoms with Crippen LogP contribution in [-0.2, 0) is 33.4 Å². The number of hydrogen-bond donors (Lipinski definition) is 1. The Bertz CT molecular complexity index is 1420. The van der Waals surface area contributed by atoms with E-state index in [0.29, 0.717) is 35.8 Å². The van der Waals surface area contributed by atoms with Crippen molar-refractivity contribution in [2.24, 2.45) is 0 Å². The molecule has 0 spiro atoms. The topological polar surface area (TPSA) is 122 Å². The van der Waals surface area contributed by atoms with Gasteiger partial charge in [-0.25, -0.2) is 9.71 Å². The third-order valence-electron chi connectivity index (χ3n) is 6.52. The van der Waals surface area contributed by atoms with Crippen LogP contribution in [0.15, 0.2) is 48.7 Å². The SMILES string of the molecule is COc1ccc(C2(C(=O)N(CCCc3ccccc3)Cc3nc(C(=O)NS(=O)(=O)N(C)C)c(Cl)s3)CC2)nc1. The van der Waals surface area contributed by atoms with Gasteiger partial charge in [0.2, 0.25) is 5.91 Å². The summed E-state index contributed by atoms with van der Waals surface area (Å²) in [7, 11) is 0.146. The number of amides is 2. The van der Waals surface area contributed by atoms with Crippen LogP contribution < -0.4 is 9.46 Å². The van der Waals surface area contributed by atoms with Crippen molar-refractivity contribution in [2.45, 2.75) is 37.6 Å². The maximum absolute atomic E-state index is 14.0. The van der Waals surface area contributed by atoms with E-state index in [4.69, 9.17) is 16.3 Å². The highest BCUT2D eigenvalue weighted by molar-refractivity contribution is 7.87. The molecule has 208 valence electrons. The minimum Gasteiger partial charge on any atom is -0.495 e. The highest BCUT2D eigenvalue weighted by Gasteiger charge is 2.54. The Labute approximate surface area is 237 Å². The second kappa shape index (κ2) is 12.0. The number of aryl methyl sites for hydroxylation is 1. The number of methoxy groups -OCH3 is 1. The first-order valence-corrected chi connectivity index (χ1v) is 14.9. The van der Waals surface area contributed by atoms with Crippen LogP contribution in [0, 0.1) is 0 Å². The van der Waals surface area contributed by atoms with Gasteiger partial charge in [-0.15, -0.1) is 11.3 Å². The van der Waals surface area contributed by atoms with Crippen LogP contribution in [0.25, 0.3) is 0 Å². The number of hydrogen-bond acceptors (Lipinski definition) is 8. The molecule has 1 aliphatic carbocycles. The summed E-state index contributed by atoms with van der Waals surface area (Å²) in [4.78, 5) is 37.1. The molecule has 13 heteroatoms. The number of carbonyl (C=O) groups excluding carboxylic acids is 2. The van der Waals surface area contributed by atoms with Gasteiger partial charge in [-0.3, -0.25) is 14.6 Å². The quantitative estimate of drug-likeness (QED) is 0.342. The van der Waals surface area contributed by atoms with Crippen molar-refractivity contribution in [3.63, 3.8) is 0 Å². The molecule has 1 aromatic carbocycles. The Morgan fingerprint density at radius 3 is 2.46 bits per heavy atom. The third-order valence-corrected chi connectivity index (χ3v) is 9.16. The number of nitrogens with one attached hydrogen (secondary N) is 1. The molecule has 0 aliphatic heterocycles. The summed E-state index contributed by atoms with van der Waals surface area (Å²) in [5, 5.41) is 0.430. The molecule has 4 rings (SSSR count). The van der Waals surface area contributed by atoms with E-state index in [1.165, 1.54) is 19.7 Å². The molecule has 0 bridgehead atoms. The largest absolute Gasteiger partial charge is 0.495 e. The summed E-state index contributed by atoms with van der Waals surface area (Å²) in [6.07, 6.45) is 4.46. The smallest absolute Gasteiger partial charge is 0.303 e. The first-order valence-electron chi connectivity index (χ1n) is 12.3. The average Bonchev–Trinajstić information content (AvgIpc) is 3.64. The Kier molecular flexibility index (Phi) is 8.90. The number of benzene rings is 1. The predicted octanol–water partition coefficient (Wildman–Crippen LogP) is 3.43. The Morgan fingerprint density at radius 1 is 1.15 bits per heavy atom. The second-order valence-electron chi connectivity index (χ2n) is 9.43. The van der Waals surface area contributed by atoms with Crippen LogP contribution in [0.4, 0.5) is 0 Å². The predicted molar refractivity (Wildman–Crippen MR) is 149 cm³/mol. The minimum atomic E-state index is -4.02. The summed E-state index contributed by atoms with van der Waals surface area (Å²) in [5.41, 5.74) is 0.936. The second-order valence-corrected chi connectivity index (χ2v) is 13.0. The zero-order chi connectivity index (χ0) is 28.2. The molecule has 1 fully saturated rings. The lowest BCUT2D eigenvalue weighted by Gasteiger charge is -2.27. The number of aromatic nitrogens is 2. The molecule has 0 radical (unpaired) electrons. The fourth-order valence-electron chi connectivity index (χ4n) is 4.13. The van der Waals surface area contributed by atoms with Crippen molar-refractivity contribution >= 4 is 45.0 Å². The lowest BCUT2D eigenvalue weighted by Crippen LogP contribution is -2.40. The number of nitrogens with zero attached hydrogens (tertiary/aromatic N) is 4. The van der Waals surface area contributed by atoms with E-state index in [0.717, 1.165) is 28.5 Å². The van der Waals surface area contributed by atoms with Crippen LogP contribution in [0.3, 0.4) is 0 Å². The number of ether oxygens (including phenoxy) is 1. The standard InChI is InChI=1S/C26H30ClN5O5S2/c1-31(2)39(35,36)30-24(33)22-23(27)38-21(29-22)17-32(15-7-10-18-8-5-4-6-9-18)25(34)26(13-14-26)20-12-11-19(37-3)16-28-20/h4-6,8-9,11-12,16H,7,10,13-15,17H2,1-3H3,(H,30,33). The van der Waals surface area contributed by atoms with E-state index < -0.39 is 21.5 Å². The number of rotatable bonds is 12. The zero-order valence-electron chi connectivity index (χ0n) is 21.9. The van der Waals surface area contributed by atoms with E-state index in [2.05, 4.69) is 9.97 Å². The number of pyridine rings is 1. The zero-order valence-corrected chi connectivity index (χ0v) is 24.3. The Morgan fingerprint density at radius 2 is 1.87 bits per heavy atom. The molecule has 1 N–H and O–H groups in total. The summed E-state index contributed by atoms with van der Waals surface area (Å²) >= 11 is 7.33. The van der Waals surface area contributed by atoms with Gasteiger partial charge in [0.15, 0.2) is 5.69 Å². The van der Waals surface area contributed by atoms with Gasteiger partial charge in [0.1, 0.15) is 15.1 Å². The molecule has 2 heterocycles. The van der Waals surface area contributed by atoms with E-state index >= 15 is 0 Å². The number of thiazole rings is 1. The maximum Gasteiger partial charge on any atom is 0.303 e. The maximum atomic E-state index is 14.0. The van der Waals surface area contributed by atoms with Gasteiger partial charge in [-0.05, 0) is 43.4 Å². The monoisotopic (exact) mass is 591 g/mol. The van der Waals surface area contributed by atoms with Crippen molar-refractivity contribution in [2.75, 3.05) is 27.7 Å². The third kappa shape index (κ3) is 6.75. The summed E-state index contributed by atoms with van der Waals surface area (Å²) < 4.78 is 32.2. The van der Waals surface area contributed by atoms with E-state index in [1.54, 1.807) is 24.3 Å². The molecule has 0 unspecified atom stereocenters. The van der Waals surface area contributed by atoms with Gasteiger partial charge in [0.25, 0.3) is 5.91 Å². The fraction of sp³-hybridized carbons (Fsp3) is 0.385. The van der Waals surface area contributed by atoms with Crippen molar-refractivity contribution in [3.05, 3.63) is 75.0 Å². The molecule has 3 aromatic rings. The summed E-state index contributed by atoms with van der Waals surface area (Å²) in [6, 6.07) is 13.6. The van der Waals surface area contributed by atoms with Crippen LogP contribution in [0.1, 0.15) is 46.0 Å². The molecule has 2 amide bonds. The van der Waals surface area contributed by atoms with Crippen molar-refractivity contribution < 1.29 is 22.7 Å². The van der Waals surface area contributed by atoms with Crippen LogP contribution in [-0.4, -0.2) is 67.2 Å². The molecule has 0 saturated heterocycles. The summed E-state index contributed by atoms with van der Waals surface area (Å²) in [5.74, 6) is -0.388. The number of halogens is 1. The minimum absolute atomic E-state index is 0.0473. The highest BCUT2D eigenvalue weighted by Crippen LogP contribution is 2.49. The van der Waals surface area contributed by atoms with Crippen LogP contribution in [0.5, 0.6) is 5.75 Å². The Hall–Kier alpha value is -3.06. The lowest BCUT2D eigenvalue weighted by molar-refractivity contribution is -0.134. The van der Waals surface area contributed by atoms with E-state index in [9.17, 15) is 18.0 Å². The van der Waals surface area contributed by atoms with Crippen LogP contribution >= 0.6 is 22.9 Å². The number of carbonyl (C=O) groups is 2.